The second-order valence-electron chi connectivity index (χ2n) is 3.66. The Kier molecular flexibility index (Phi) is 3.28. The van der Waals surface area contributed by atoms with Gasteiger partial charge in [-0.05, 0) is 36.9 Å². The van der Waals surface area contributed by atoms with E-state index in [1.54, 1.807) is 11.8 Å². The number of hydrogen-bond donors (Lipinski definition) is 2. The lowest BCUT2D eigenvalue weighted by molar-refractivity contribution is -0.510. The van der Waals surface area contributed by atoms with Crippen LogP contribution in [0.4, 0.5) is 5.69 Å². The number of benzene rings is 1. The molecule has 0 amide bonds. The molecule has 0 aliphatic carbocycles. The average Bonchev–Trinajstić information content (AvgIpc) is 2.17. The lowest BCUT2D eigenvalue weighted by atomic mass is 10.3. The van der Waals surface area contributed by atoms with Gasteiger partial charge in [-0.25, -0.2) is 4.99 Å². The van der Waals surface area contributed by atoms with Crippen LogP contribution in [-0.2, 0) is 4.74 Å². The first kappa shape index (κ1) is 10.5. The van der Waals surface area contributed by atoms with Crippen LogP contribution in [0.3, 0.4) is 0 Å². The summed E-state index contributed by atoms with van der Waals surface area (Å²) in [4.78, 5) is 4.55. The Bertz CT molecular complexity index is 379. The monoisotopic (exact) mass is 223 g/mol. The minimum Gasteiger partial charge on any atom is -0.399 e. The molecule has 0 fully saturated rings. The highest BCUT2D eigenvalue weighted by Gasteiger charge is 2.18. The first-order valence-corrected chi connectivity index (χ1v) is 5.79. The van der Waals surface area contributed by atoms with Gasteiger partial charge in [0.1, 0.15) is 13.2 Å². The van der Waals surface area contributed by atoms with E-state index in [1.165, 1.54) is 0 Å². The largest absolute Gasteiger partial charge is 0.399 e. The third-order valence-corrected chi connectivity index (χ3v) is 3.08. The maximum Gasteiger partial charge on any atom is 0.240 e. The van der Waals surface area contributed by atoms with Gasteiger partial charge in [0.05, 0.1) is 0 Å². The summed E-state index contributed by atoms with van der Waals surface area (Å²) in [5.74, 6) is 0. The summed E-state index contributed by atoms with van der Waals surface area (Å²) in [6.45, 7) is 3.56. The molecule has 1 aliphatic rings. The molecule has 3 nitrogen and oxygen atoms in total. The molecule has 0 spiro atoms. The standard InChI is InChI=1S/C11H14N2OS/c1-8-6-14-7-11(13-8)15-10-4-2-3-9(12)5-10/h2-5,8H,6-7,12H2,1H3/p+1. The van der Waals surface area contributed by atoms with Crippen molar-refractivity contribution in [2.24, 2.45) is 0 Å². The molecular formula is C11H15N2OS+. The molecule has 80 valence electrons. The summed E-state index contributed by atoms with van der Waals surface area (Å²) in [6, 6.07) is 8.27. The highest BCUT2D eigenvalue weighted by molar-refractivity contribution is 8.13. The Hall–Kier alpha value is -1.00. The predicted octanol–water partition coefficient (Wildman–Crippen LogP) is 0.259. The quantitative estimate of drug-likeness (QED) is 0.671. The van der Waals surface area contributed by atoms with Crippen molar-refractivity contribution in [1.82, 2.24) is 0 Å². The zero-order chi connectivity index (χ0) is 10.7. The Morgan fingerprint density at radius 3 is 3.13 bits per heavy atom. The summed E-state index contributed by atoms with van der Waals surface area (Å²) in [5.41, 5.74) is 6.51. The van der Waals surface area contributed by atoms with Crippen LogP contribution in [0.1, 0.15) is 6.92 Å². The molecule has 15 heavy (non-hydrogen) atoms. The van der Waals surface area contributed by atoms with Gasteiger partial charge in [0.15, 0.2) is 6.04 Å². The first-order chi connectivity index (χ1) is 7.24. The molecule has 1 unspecified atom stereocenters. The SMILES string of the molecule is CC1COCC(Sc2cccc(N)c2)=[NH+]1. The van der Waals surface area contributed by atoms with Gasteiger partial charge in [-0.2, -0.15) is 0 Å². The second-order valence-corrected chi connectivity index (χ2v) is 4.83. The van der Waals surface area contributed by atoms with Gasteiger partial charge in [0.25, 0.3) is 0 Å². The van der Waals surface area contributed by atoms with Crippen LogP contribution >= 0.6 is 11.8 Å². The van der Waals surface area contributed by atoms with Crippen molar-refractivity contribution >= 4 is 22.5 Å². The number of nitrogens with two attached hydrogens (primary N) is 1. The van der Waals surface area contributed by atoms with Gasteiger partial charge in [0.2, 0.25) is 5.04 Å². The number of nitrogens with one attached hydrogen (secondary N) is 1. The number of hydrogen-bond acceptors (Lipinski definition) is 3. The normalized spacial score (nSPS) is 21.1. The summed E-state index contributed by atoms with van der Waals surface area (Å²) in [7, 11) is 0. The smallest absolute Gasteiger partial charge is 0.240 e. The maximum absolute atomic E-state index is 5.72. The Labute approximate surface area is 93.7 Å². The number of rotatable bonds is 1. The second kappa shape index (κ2) is 4.68. The molecule has 2 rings (SSSR count). The van der Waals surface area contributed by atoms with Crippen molar-refractivity contribution in [2.75, 3.05) is 18.9 Å². The Morgan fingerprint density at radius 1 is 1.53 bits per heavy atom. The molecule has 0 aromatic heterocycles. The molecule has 1 heterocycles. The van der Waals surface area contributed by atoms with Gasteiger partial charge in [-0.3, -0.25) is 0 Å². The van der Waals surface area contributed by atoms with Crippen molar-refractivity contribution in [3.8, 4) is 0 Å². The van der Waals surface area contributed by atoms with E-state index in [9.17, 15) is 0 Å². The van der Waals surface area contributed by atoms with E-state index in [1.807, 2.05) is 18.2 Å². The minimum absolute atomic E-state index is 0.391. The zero-order valence-corrected chi connectivity index (χ0v) is 9.51. The molecule has 3 N–H and O–H groups in total. The van der Waals surface area contributed by atoms with E-state index < -0.39 is 0 Å². The summed E-state index contributed by atoms with van der Waals surface area (Å²) < 4.78 is 5.45. The van der Waals surface area contributed by atoms with Gasteiger partial charge in [0, 0.05) is 10.6 Å². The molecule has 1 aromatic carbocycles. The third-order valence-electron chi connectivity index (χ3n) is 2.11. The Balaban J connectivity index is 2.08. The van der Waals surface area contributed by atoms with Gasteiger partial charge < -0.3 is 10.5 Å². The van der Waals surface area contributed by atoms with Crippen LogP contribution in [0.5, 0.6) is 0 Å². The van der Waals surface area contributed by atoms with Crippen molar-refractivity contribution in [3.63, 3.8) is 0 Å². The fourth-order valence-electron chi connectivity index (χ4n) is 1.47. The first-order valence-electron chi connectivity index (χ1n) is 4.97. The van der Waals surface area contributed by atoms with Gasteiger partial charge >= 0.3 is 0 Å². The highest BCUT2D eigenvalue weighted by Crippen LogP contribution is 2.20. The lowest BCUT2D eigenvalue weighted by Crippen LogP contribution is -2.82. The fourth-order valence-corrected chi connectivity index (χ4v) is 2.49. The van der Waals surface area contributed by atoms with E-state index in [0.717, 1.165) is 22.2 Å². The molecule has 1 aromatic rings. The number of anilines is 1. The minimum atomic E-state index is 0.391. The van der Waals surface area contributed by atoms with Crippen molar-refractivity contribution in [3.05, 3.63) is 24.3 Å². The van der Waals surface area contributed by atoms with E-state index in [2.05, 4.69) is 18.0 Å². The molecular weight excluding hydrogens is 208 g/mol. The topological polar surface area (TPSA) is 49.2 Å². The molecule has 0 bridgehead atoms. The number of nitrogen functional groups attached to an aromatic ring is 1. The summed E-state index contributed by atoms with van der Waals surface area (Å²) >= 11 is 1.68. The van der Waals surface area contributed by atoms with Gasteiger partial charge in [-0.15, -0.1) is 0 Å². The van der Waals surface area contributed by atoms with Crippen LogP contribution < -0.4 is 10.7 Å². The molecule has 0 saturated heterocycles. The highest BCUT2D eigenvalue weighted by atomic mass is 32.2. The van der Waals surface area contributed by atoms with Crippen LogP contribution in [0.2, 0.25) is 0 Å². The summed E-state index contributed by atoms with van der Waals surface area (Å²) in [6.07, 6.45) is 0. The zero-order valence-electron chi connectivity index (χ0n) is 8.69. The molecule has 0 saturated carbocycles. The van der Waals surface area contributed by atoms with Crippen molar-refractivity contribution in [2.45, 2.75) is 17.9 Å². The maximum atomic E-state index is 5.72. The number of thioether (sulfide) groups is 1. The van der Waals surface area contributed by atoms with E-state index in [4.69, 9.17) is 10.5 Å². The van der Waals surface area contributed by atoms with Crippen LogP contribution in [0, 0.1) is 0 Å². The molecule has 0 radical (unpaired) electrons. The predicted molar refractivity (Wildman–Crippen MR) is 63.0 cm³/mol. The van der Waals surface area contributed by atoms with E-state index in [0.29, 0.717) is 12.6 Å². The third kappa shape index (κ3) is 2.97. The summed E-state index contributed by atoms with van der Waals surface area (Å²) in [5, 5.41) is 1.15. The van der Waals surface area contributed by atoms with Crippen LogP contribution in [-0.4, -0.2) is 24.3 Å². The lowest BCUT2D eigenvalue weighted by Gasteiger charge is -2.11. The Morgan fingerprint density at radius 2 is 2.40 bits per heavy atom. The van der Waals surface area contributed by atoms with Crippen molar-refractivity contribution in [1.29, 1.82) is 0 Å². The van der Waals surface area contributed by atoms with Gasteiger partial charge in [-0.1, -0.05) is 6.07 Å². The van der Waals surface area contributed by atoms with Crippen molar-refractivity contribution < 1.29 is 9.73 Å². The molecule has 4 heteroatoms. The molecule has 1 atom stereocenters. The van der Waals surface area contributed by atoms with E-state index >= 15 is 0 Å². The van der Waals surface area contributed by atoms with Crippen LogP contribution in [0.25, 0.3) is 0 Å². The fraction of sp³-hybridized carbons (Fsp3) is 0.364. The van der Waals surface area contributed by atoms with E-state index in [-0.39, 0.29) is 0 Å². The number of ether oxygens (including phenoxy) is 1. The molecule has 1 aliphatic heterocycles. The average molecular weight is 223 g/mol. The van der Waals surface area contributed by atoms with Crippen LogP contribution in [0.15, 0.2) is 29.2 Å².